The normalized spacial score (nSPS) is 16.0. The second kappa shape index (κ2) is 10.8. The third-order valence-electron chi connectivity index (χ3n) is 4.79. The first kappa shape index (κ1) is 21.9. The number of halogens is 1. The highest BCUT2D eigenvalue weighted by Crippen LogP contribution is 2.16. The Morgan fingerprint density at radius 1 is 1.14 bits per heavy atom. The summed E-state index contributed by atoms with van der Waals surface area (Å²) in [5.74, 6) is -0.466. The van der Waals surface area contributed by atoms with Crippen LogP contribution in [0.2, 0.25) is 0 Å². The number of amides is 2. The van der Waals surface area contributed by atoms with Crippen molar-refractivity contribution >= 4 is 17.7 Å². The molecule has 2 N–H and O–H groups in total. The molecular formula is C20H31FN4O3. The van der Waals surface area contributed by atoms with Gasteiger partial charge in [-0.2, -0.15) is 0 Å². The summed E-state index contributed by atoms with van der Waals surface area (Å²) < 4.78 is 17.9. The molecule has 0 aliphatic carbocycles. The van der Waals surface area contributed by atoms with E-state index >= 15 is 0 Å². The van der Waals surface area contributed by atoms with Gasteiger partial charge in [0.1, 0.15) is 11.9 Å². The standard InChI is InChI=1S/C20H31FN4O3/c1-4-28-20(27)23-18(15(2)3)19(26)22-9-10-24-11-13-25(14-12-24)17-7-5-16(21)6-8-17/h5-8,15,18H,4,9-14H2,1-3H3,(H,22,26)(H,23,27). The van der Waals surface area contributed by atoms with Gasteiger partial charge in [0.25, 0.3) is 0 Å². The van der Waals surface area contributed by atoms with Crippen molar-refractivity contribution in [3.63, 3.8) is 0 Å². The Morgan fingerprint density at radius 3 is 2.36 bits per heavy atom. The van der Waals surface area contributed by atoms with Crippen molar-refractivity contribution in [3.05, 3.63) is 30.1 Å². The lowest BCUT2D eigenvalue weighted by atomic mass is 10.0. The molecule has 1 aromatic carbocycles. The number of carbonyl (C=O) groups excluding carboxylic acids is 2. The number of hydrogen-bond acceptors (Lipinski definition) is 5. The van der Waals surface area contributed by atoms with Crippen LogP contribution in [0.3, 0.4) is 0 Å². The molecule has 1 unspecified atom stereocenters. The number of carbonyl (C=O) groups is 2. The highest BCUT2D eigenvalue weighted by atomic mass is 19.1. The van der Waals surface area contributed by atoms with E-state index in [4.69, 9.17) is 4.74 Å². The highest BCUT2D eigenvalue weighted by molar-refractivity contribution is 5.85. The number of ether oxygens (including phenoxy) is 1. The second-order valence-electron chi connectivity index (χ2n) is 7.18. The van der Waals surface area contributed by atoms with E-state index in [0.29, 0.717) is 6.54 Å². The summed E-state index contributed by atoms with van der Waals surface area (Å²) in [6.45, 7) is 10.5. The topological polar surface area (TPSA) is 73.9 Å². The molecule has 28 heavy (non-hydrogen) atoms. The predicted octanol–water partition coefficient (Wildman–Crippen LogP) is 1.83. The average Bonchev–Trinajstić information content (AvgIpc) is 2.67. The lowest BCUT2D eigenvalue weighted by Crippen LogP contribution is -2.52. The maximum absolute atomic E-state index is 13.0. The SMILES string of the molecule is CCOC(=O)NC(C(=O)NCCN1CCN(c2ccc(F)cc2)CC1)C(C)C. The van der Waals surface area contributed by atoms with E-state index in [-0.39, 0.29) is 24.2 Å². The Kier molecular flexibility index (Phi) is 8.50. The van der Waals surface area contributed by atoms with Crippen molar-refractivity contribution in [1.29, 1.82) is 0 Å². The quantitative estimate of drug-likeness (QED) is 0.704. The van der Waals surface area contributed by atoms with Crippen LogP contribution in [-0.4, -0.2) is 68.8 Å². The van der Waals surface area contributed by atoms with Gasteiger partial charge in [0.05, 0.1) is 6.61 Å². The molecule has 2 rings (SSSR count). The Balaban J connectivity index is 1.72. The van der Waals surface area contributed by atoms with Crippen LogP contribution in [-0.2, 0) is 9.53 Å². The van der Waals surface area contributed by atoms with Crippen LogP contribution >= 0.6 is 0 Å². The molecule has 1 aliphatic rings. The molecule has 1 fully saturated rings. The first-order valence-electron chi connectivity index (χ1n) is 9.84. The van der Waals surface area contributed by atoms with Gasteiger partial charge in [-0.05, 0) is 37.1 Å². The molecule has 1 heterocycles. The zero-order chi connectivity index (χ0) is 20.5. The van der Waals surface area contributed by atoms with Gasteiger partial charge in [-0.15, -0.1) is 0 Å². The monoisotopic (exact) mass is 394 g/mol. The van der Waals surface area contributed by atoms with E-state index < -0.39 is 12.1 Å². The lowest BCUT2D eigenvalue weighted by molar-refractivity contribution is -0.124. The van der Waals surface area contributed by atoms with Crippen molar-refractivity contribution < 1.29 is 18.7 Å². The van der Waals surface area contributed by atoms with E-state index in [0.717, 1.165) is 38.4 Å². The first-order chi connectivity index (χ1) is 13.4. The maximum Gasteiger partial charge on any atom is 0.407 e. The molecule has 156 valence electrons. The fraction of sp³-hybridized carbons (Fsp3) is 0.600. The Labute approximate surface area is 166 Å². The van der Waals surface area contributed by atoms with Crippen molar-refractivity contribution in [2.75, 3.05) is 50.8 Å². The summed E-state index contributed by atoms with van der Waals surface area (Å²) in [6, 6.07) is 5.94. The van der Waals surface area contributed by atoms with Gasteiger partial charge in [0, 0.05) is 45.0 Å². The number of nitrogens with one attached hydrogen (secondary N) is 2. The van der Waals surface area contributed by atoms with Crippen LogP contribution < -0.4 is 15.5 Å². The number of piperazine rings is 1. The summed E-state index contributed by atoms with van der Waals surface area (Å²) in [5.41, 5.74) is 1.03. The van der Waals surface area contributed by atoms with Gasteiger partial charge in [0.2, 0.25) is 5.91 Å². The lowest BCUT2D eigenvalue weighted by Gasteiger charge is -2.36. The van der Waals surface area contributed by atoms with E-state index in [1.54, 1.807) is 19.1 Å². The third kappa shape index (κ3) is 6.67. The van der Waals surface area contributed by atoms with Crippen LogP contribution in [0.25, 0.3) is 0 Å². The summed E-state index contributed by atoms with van der Waals surface area (Å²) >= 11 is 0. The molecule has 0 bridgehead atoms. The Morgan fingerprint density at radius 2 is 1.79 bits per heavy atom. The fourth-order valence-corrected chi connectivity index (χ4v) is 3.16. The first-order valence-corrected chi connectivity index (χ1v) is 9.84. The van der Waals surface area contributed by atoms with Crippen molar-refractivity contribution in [2.24, 2.45) is 5.92 Å². The molecule has 1 atom stereocenters. The van der Waals surface area contributed by atoms with Crippen LogP contribution in [0, 0.1) is 11.7 Å². The van der Waals surface area contributed by atoms with Crippen LogP contribution in [0.15, 0.2) is 24.3 Å². The molecule has 8 heteroatoms. The number of benzene rings is 1. The smallest absolute Gasteiger partial charge is 0.407 e. The number of alkyl carbamates (subject to hydrolysis) is 1. The minimum atomic E-state index is -0.616. The number of rotatable bonds is 8. The second-order valence-corrected chi connectivity index (χ2v) is 7.18. The van der Waals surface area contributed by atoms with Gasteiger partial charge in [-0.1, -0.05) is 13.8 Å². The molecule has 1 aliphatic heterocycles. The molecule has 1 saturated heterocycles. The van der Waals surface area contributed by atoms with Gasteiger partial charge < -0.3 is 20.3 Å². The highest BCUT2D eigenvalue weighted by Gasteiger charge is 2.25. The van der Waals surface area contributed by atoms with E-state index in [1.807, 2.05) is 13.8 Å². The average molecular weight is 394 g/mol. The zero-order valence-corrected chi connectivity index (χ0v) is 16.9. The molecule has 0 saturated carbocycles. The number of anilines is 1. The molecule has 0 radical (unpaired) electrons. The summed E-state index contributed by atoms with van der Waals surface area (Å²) in [6.07, 6.45) is -0.576. The third-order valence-corrected chi connectivity index (χ3v) is 4.79. The number of hydrogen-bond donors (Lipinski definition) is 2. The number of nitrogens with zero attached hydrogens (tertiary/aromatic N) is 2. The minimum Gasteiger partial charge on any atom is -0.450 e. The summed E-state index contributed by atoms with van der Waals surface area (Å²) in [5, 5.41) is 5.52. The summed E-state index contributed by atoms with van der Waals surface area (Å²) in [7, 11) is 0. The largest absolute Gasteiger partial charge is 0.450 e. The molecular weight excluding hydrogens is 363 g/mol. The zero-order valence-electron chi connectivity index (χ0n) is 16.9. The van der Waals surface area contributed by atoms with Crippen LogP contribution in [0.4, 0.5) is 14.9 Å². The van der Waals surface area contributed by atoms with Gasteiger partial charge in [-0.25, -0.2) is 9.18 Å². The molecule has 2 amide bonds. The molecule has 1 aromatic rings. The van der Waals surface area contributed by atoms with E-state index in [1.165, 1.54) is 12.1 Å². The Bertz CT molecular complexity index is 631. The molecule has 0 aromatic heterocycles. The Hall–Kier alpha value is -2.35. The maximum atomic E-state index is 13.0. The van der Waals surface area contributed by atoms with E-state index in [2.05, 4.69) is 20.4 Å². The van der Waals surface area contributed by atoms with Gasteiger partial charge >= 0.3 is 6.09 Å². The van der Waals surface area contributed by atoms with Gasteiger partial charge in [0.15, 0.2) is 0 Å². The van der Waals surface area contributed by atoms with Crippen molar-refractivity contribution in [1.82, 2.24) is 15.5 Å². The minimum absolute atomic E-state index is 0.0383. The van der Waals surface area contributed by atoms with E-state index in [9.17, 15) is 14.0 Å². The predicted molar refractivity (Wildman–Crippen MR) is 107 cm³/mol. The fourth-order valence-electron chi connectivity index (χ4n) is 3.16. The van der Waals surface area contributed by atoms with Crippen molar-refractivity contribution in [3.8, 4) is 0 Å². The van der Waals surface area contributed by atoms with Crippen LogP contribution in [0.5, 0.6) is 0 Å². The van der Waals surface area contributed by atoms with Gasteiger partial charge in [-0.3, -0.25) is 9.69 Å². The molecule has 7 nitrogen and oxygen atoms in total. The summed E-state index contributed by atoms with van der Waals surface area (Å²) in [4.78, 5) is 28.5. The molecule has 0 spiro atoms. The van der Waals surface area contributed by atoms with Crippen molar-refractivity contribution in [2.45, 2.75) is 26.8 Å². The van der Waals surface area contributed by atoms with Crippen LogP contribution in [0.1, 0.15) is 20.8 Å².